The zero-order chi connectivity index (χ0) is 22.1. The number of carbonyl (C=O) groups excluding carboxylic acids is 2. The van der Waals surface area contributed by atoms with Gasteiger partial charge in [0.2, 0.25) is 5.91 Å². The Morgan fingerprint density at radius 1 is 0.966 bits per heavy atom. The number of aliphatic imine (C=N–C) groups is 2. The molecule has 168 valence electrons. The van der Waals surface area contributed by atoms with Crippen molar-refractivity contribution in [1.82, 2.24) is 15.9 Å². The number of hydrogen-bond donors (Lipinski definition) is 4. The van der Waals surface area contributed by atoms with Crippen LogP contribution in [0.2, 0.25) is 0 Å². The maximum absolute atomic E-state index is 12.5. The Balaban J connectivity index is 4.45. The van der Waals surface area contributed by atoms with Crippen LogP contribution in [0.1, 0.15) is 65.7 Å². The summed E-state index contributed by atoms with van der Waals surface area (Å²) >= 11 is 0. The normalized spacial score (nSPS) is 13.0. The zero-order valence-electron chi connectivity index (χ0n) is 18.1. The summed E-state index contributed by atoms with van der Waals surface area (Å²) in [6.45, 7) is 6.46. The lowest BCUT2D eigenvalue weighted by atomic mass is 10.1. The minimum atomic E-state index is -0.605. The van der Waals surface area contributed by atoms with E-state index in [1.807, 2.05) is 11.0 Å². The Morgan fingerprint density at radius 2 is 1.52 bits per heavy atom. The summed E-state index contributed by atoms with van der Waals surface area (Å²) in [5, 5.41) is 17.3. The van der Waals surface area contributed by atoms with E-state index >= 15 is 0 Å². The molecule has 4 N–H and O–H groups in total. The third kappa shape index (κ3) is 12.8. The molecule has 0 aromatic rings. The molecule has 0 rings (SSSR count). The lowest BCUT2D eigenvalue weighted by Crippen LogP contribution is -2.43. The molecule has 0 spiro atoms. The molecule has 0 unspecified atom stereocenters. The van der Waals surface area contributed by atoms with Gasteiger partial charge in [0.05, 0.1) is 6.61 Å². The van der Waals surface area contributed by atoms with E-state index in [0.29, 0.717) is 50.4 Å². The zero-order valence-corrected chi connectivity index (χ0v) is 18.1. The molecule has 0 saturated heterocycles. The largest absolute Gasteiger partial charge is 0.464 e. The Labute approximate surface area is 173 Å². The number of esters is 1. The van der Waals surface area contributed by atoms with Crippen molar-refractivity contribution in [3.63, 3.8) is 0 Å². The second-order valence-electron chi connectivity index (χ2n) is 6.74. The van der Waals surface area contributed by atoms with Crippen LogP contribution in [0.25, 0.3) is 0 Å². The third-order valence-corrected chi connectivity index (χ3v) is 4.38. The fourth-order valence-electron chi connectivity index (χ4n) is 2.64. The summed E-state index contributed by atoms with van der Waals surface area (Å²) < 4.78 is 5.13. The van der Waals surface area contributed by atoms with E-state index in [1.54, 1.807) is 27.8 Å². The van der Waals surface area contributed by atoms with Gasteiger partial charge in [-0.05, 0) is 52.9 Å². The van der Waals surface area contributed by atoms with Gasteiger partial charge in [0.25, 0.3) is 0 Å². The van der Waals surface area contributed by atoms with Crippen molar-refractivity contribution in [3.8, 4) is 0 Å². The summed E-state index contributed by atoms with van der Waals surface area (Å²) in [5.41, 5.74) is 3.95. The number of ether oxygens (including phenoxy) is 1. The second kappa shape index (κ2) is 16.7. The van der Waals surface area contributed by atoms with Gasteiger partial charge in [0, 0.05) is 26.6 Å². The van der Waals surface area contributed by atoms with Crippen molar-refractivity contribution in [1.29, 1.82) is 0 Å². The highest BCUT2D eigenvalue weighted by Crippen LogP contribution is 2.13. The summed E-state index contributed by atoms with van der Waals surface area (Å²) in [4.78, 5) is 34.5. The molecule has 0 aliphatic heterocycles. The number of nitrogens with one attached hydrogen (secondary N) is 2. The van der Waals surface area contributed by atoms with E-state index in [0.717, 1.165) is 19.3 Å². The van der Waals surface area contributed by atoms with Crippen molar-refractivity contribution in [2.75, 3.05) is 26.7 Å². The first-order valence-corrected chi connectivity index (χ1v) is 10.1. The van der Waals surface area contributed by atoms with Crippen LogP contribution in [0.4, 0.5) is 0 Å². The molecule has 0 fully saturated rings. The number of rotatable bonds is 14. The third-order valence-electron chi connectivity index (χ3n) is 4.38. The molecule has 1 atom stereocenters. The van der Waals surface area contributed by atoms with Gasteiger partial charge in [-0.2, -0.15) is 0 Å². The van der Waals surface area contributed by atoms with Gasteiger partial charge in [-0.3, -0.25) is 36.2 Å². The Morgan fingerprint density at radius 3 is 2.03 bits per heavy atom. The van der Waals surface area contributed by atoms with Crippen LogP contribution in [-0.4, -0.2) is 71.6 Å². The molecule has 0 aliphatic rings. The van der Waals surface area contributed by atoms with E-state index in [-0.39, 0.29) is 18.5 Å². The van der Waals surface area contributed by atoms with Crippen molar-refractivity contribution >= 4 is 23.5 Å². The standard InChI is InChI=1S/C19H37N5O5/c1-5-29-19(26)17(11-8-10-14-21-16(3)23-28)24(4)18(25)12-7-6-9-13-20-15(2)22-27/h17,27-28H,5-14H2,1-4H3,(H,20,22)(H,21,23)/t17-/m0/s1. The first-order chi connectivity index (χ1) is 13.9. The number of unbranched alkanes of at least 4 members (excludes halogenated alkanes) is 3. The highest BCUT2D eigenvalue weighted by atomic mass is 16.5. The highest BCUT2D eigenvalue weighted by molar-refractivity contribution is 5.84. The number of amidine groups is 2. The van der Waals surface area contributed by atoms with Gasteiger partial charge in [-0.1, -0.05) is 6.42 Å². The molecule has 10 nitrogen and oxygen atoms in total. The van der Waals surface area contributed by atoms with Crippen LogP contribution in [0.3, 0.4) is 0 Å². The maximum atomic E-state index is 12.5. The Kier molecular flexibility index (Phi) is 15.5. The first kappa shape index (κ1) is 26.8. The fraction of sp³-hybridized carbons (Fsp3) is 0.789. The van der Waals surface area contributed by atoms with E-state index in [2.05, 4.69) is 9.98 Å². The van der Waals surface area contributed by atoms with Crippen LogP contribution in [0.5, 0.6) is 0 Å². The second-order valence-corrected chi connectivity index (χ2v) is 6.74. The molecule has 0 aliphatic carbocycles. The van der Waals surface area contributed by atoms with Crippen LogP contribution < -0.4 is 11.0 Å². The van der Waals surface area contributed by atoms with Crippen molar-refractivity contribution in [2.45, 2.75) is 71.8 Å². The van der Waals surface area contributed by atoms with Gasteiger partial charge in [-0.25, -0.2) is 4.79 Å². The van der Waals surface area contributed by atoms with Crippen LogP contribution >= 0.6 is 0 Å². The van der Waals surface area contributed by atoms with Gasteiger partial charge < -0.3 is 9.64 Å². The molecule has 0 aromatic heterocycles. The van der Waals surface area contributed by atoms with Gasteiger partial charge in [0.1, 0.15) is 17.7 Å². The average molecular weight is 416 g/mol. The quantitative estimate of drug-likeness (QED) is 0.112. The summed E-state index contributed by atoms with van der Waals surface area (Å²) in [6.07, 6.45) is 4.67. The Hall–Kier alpha value is -2.20. The number of carbonyl (C=O) groups is 2. The number of likely N-dealkylation sites (N-methyl/N-ethyl adjacent to an activating group) is 1. The van der Waals surface area contributed by atoms with Crippen LogP contribution in [-0.2, 0) is 14.3 Å². The fourth-order valence-corrected chi connectivity index (χ4v) is 2.64. The highest BCUT2D eigenvalue weighted by Gasteiger charge is 2.27. The predicted octanol–water partition coefficient (Wildman–Crippen LogP) is 1.90. The maximum Gasteiger partial charge on any atom is 0.328 e. The van der Waals surface area contributed by atoms with Gasteiger partial charge in [0.15, 0.2) is 0 Å². The predicted molar refractivity (Wildman–Crippen MR) is 111 cm³/mol. The van der Waals surface area contributed by atoms with E-state index in [4.69, 9.17) is 15.2 Å². The van der Waals surface area contributed by atoms with Crippen molar-refractivity contribution < 1.29 is 24.7 Å². The van der Waals surface area contributed by atoms with E-state index in [1.165, 1.54) is 4.90 Å². The number of nitrogens with zero attached hydrogens (tertiary/aromatic N) is 3. The smallest absolute Gasteiger partial charge is 0.328 e. The minimum absolute atomic E-state index is 0.0851. The number of amides is 1. The SMILES string of the molecule is CCOC(=O)[C@H](CCCCN=C(C)NO)N(C)C(=O)CCCCCN=C(C)NO. The monoisotopic (exact) mass is 415 g/mol. The molecule has 0 heterocycles. The number of hydroxylamine groups is 2. The van der Waals surface area contributed by atoms with Gasteiger partial charge >= 0.3 is 5.97 Å². The Bertz CT molecular complexity index is 539. The molecule has 10 heteroatoms. The molecule has 0 saturated carbocycles. The molecule has 0 radical (unpaired) electrons. The summed E-state index contributed by atoms with van der Waals surface area (Å²) in [6, 6.07) is -0.605. The molecular formula is C19H37N5O5. The molecular weight excluding hydrogens is 378 g/mol. The van der Waals surface area contributed by atoms with E-state index in [9.17, 15) is 9.59 Å². The topological polar surface area (TPSA) is 136 Å². The minimum Gasteiger partial charge on any atom is -0.464 e. The lowest BCUT2D eigenvalue weighted by Gasteiger charge is -2.26. The molecule has 0 bridgehead atoms. The van der Waals surface area contributed by atoms with Crippen LogP contribution in [0, 0.1) is 0 Å². The van der Waals surface area contributed by atoms with Crippen molar-refractivity contribution in [2.24, 2.45) is 9.98 Å². The van der Waals surface area contributed by atoms with E-state index < -0.39 is 6.04 Å². The number of hydrogen-bond acceptors (Lipinski definition) is 7. The van der Waals surface area contributed by atoms with Crippen LogP contribution in [0.15, 0.2) is 9.98 Å². The molecule has 29 heavy (non-hydrogen) atoms. The average Bonchev–Trinajstić information content (AvgIpc) is 2.71. The molecule has 0 aromatic carbocycles. The molecule has 1 amide bonds. The first-order valence-electron chi connectivity index (χ1n) is 10.1. The summed E-state index contributed by atoms with van der Waals surface area (Å²) in [7, 11) is 1.64. The van der Waals surface area contributed by atoms with Crippen molar-refractivity contribution in [3.05, 3.63) is 0 Å². The van der Waals surface area contributed by atoms with Gasteiger partial charge in [-0.15, -0.1) is 0 Å². The lowest BCUT2D eigenvalue weighted by molar-refractivity contribution is -0.154. The summed E-state index contributed by atoms with van der Waals surface area (Å²) in [5.74, 6) is 0.429.